The van der Waals surface area contributed by atoms with Gasteiger partial charge in [-0.25, -0.2) is 4.79 Å². The molecule has 7 heteroatoms. The number of hydrogen-bond acceptors (Lipinski definition) is 5. The van der Waals surface area contributed by atoms with Crippen molar-refractivity contribution >= 4 is 29.6 Å². The molecular weight excluding hydrogens is 382 g/mol. The first-order valence-corrected chi connectivity index (χ1v) is 9.08. The van der Waals surface area contributed by atoms with Crippen molar-refractivity contribution in [3.63, 3.8) is 0 Å². The molecule has 1 amide bonds. The number of amides is 1. The van der Waals surface area contributed by atoms with E-state index in [2.05, 4.69) is 0 Å². The minimum absolute atomic E-state index is 0.111. The maximum atomic E-state index is 12.4. The fraction of sp³-hybridized carbons (Fsp3) is 0.238. The normalized spacial score (nSPS) is 13.4. The Hall–Kier alpha value is -2.99. The zero-order chi connectivity index (χ0) is 20.1. The predicted octanol–water partition coefficient (Wildman–Crippen LogP) is 3.67. The van der Waals surface area contributed by atoms with Crippen molar-refractivity contribution in [2.75, 3.05) is 13.8 Å². The molecule has 1 aliphatic heterocycles. The first kappa shape index (κ1) is 19.8. The number of likely N-dealkylation sites (N-methyl/N-ethyl adjacent to an activating group) is 1. The highest BCUT2D eigenvalue weighted by Crippen LogP contribution is 2.40. The Bertz CT molecular complexity index is 897. The summed E-state index contributed by atoms with van der Waals surface area (Å²) in [4.78, 5) is 26.0. The number of carbonyl (C=O) groups is 2. The number of halogens is 1. The van der Waals surface area contributed by atoms with Gasteiger partial charge in [0.15, 0.2) is 17.6 Å². The standard InChI is InChI=1S/C21H20ClNO5/c1-14(21(25)23(2)12-15-6-4-3-5-7-15)28-19(24)9-8-16-10-17(22)20-18(11-16)26-13-27-20/h3-11,14H,12-13H2,1-2H3/b9-8+/t14-/m1/s1. The fourth-order valence-corrected chi connectivity index (χ4v) is 3.03. The number of rotatable bonds is 6. The Morgan fingerprint density at radius 2 is 2.00 bits per heavy atom. The largest absolute Gasteiger partial charge is 0.454 e. The van der Waals surface area contributed by atoms with E-state index in [1.807, 2.05) is 30.3 Å². The van der Waals surface area contributed by atoms with Crippen LogP contribution in [0.4, 0.5) is 0 Å². The smallest absolute Gasteiger partial charge is 0.331 e. The maximum Gasteiger partial charge on any atom is 0.331 e. The van der Waals surface area contributed by atoms with Gasteiger partial charge in [0, 0.05) is 19.7 Å². The predicted molar refractivity (Wildman–Crippen MR) is 105 cm³/mol. The molecule has 0 N–H and O–H groups in total. The maximum absolute atomic E-state index is 12.4. The second kappa shape index (κ2) is 8.80. The van der Waals surface area contributed by atoms with Gasteiger partial charge < -0.3 is 19.1 Å². The summed E-state index contributed by atoms with van der Waals surface area (Å²) in [6, 6.07) is 12.9. The first-order chi connectivity index (χ1) is 13.4. The van der Waals surface area contributed by atoms with Crippen LogP contribution in [0.5, 0.6) is 11.5 Å². The quantitative estimate of drug-likeness (QED) is 0.545. The lowest BCUT2D eigenvalue weighted by molar-refractivity contribution is -0.154. The monoisotopic (exact) mass is 401 g/mol. The fourth-order valence-electron chi connectivity index (χ4n) is 2.76. The molecule has 0 unspecified atom stereocenters. The highest BCUT2D eigenvalue weighted by molar-refractivity contribution is 6.32. The van der Waals surface area contributed by atoms with Gasteiger partial charge in [0.2, 0.25) is 6.79 Å². The lowest BCUT2D eigenvalue weighted by atomic mass is 10.2. The van der Waals surface area contributed by atoms with Crippen molar-refractivity contribution < 1.29 is 23.8 Å². The van der Waals surface area contributed by atoms with Gasteiger partial charge in [-0.3, -0.25) is 4.79 Å². The summed E-state index contributed by atoms with van der Waals surface area (Å²) in [5.74, 6) is 0.105. The number of nitrogens with zero attached hydrogens (tertiary/aromatic N) is 1. The molecule has 0 fully saturated rings. The van der Waals surface area contributed by atoms with Gasteiger partial charge in [0.1, 0.15) is 0 Å². The number of carbonyl (C=O) groups excluding carboxylic acids is 2. The first-order valence-electron chi connectivity index (χ1n) is 8.71. The van der Waals surface area contributed by atoms with Crippen LogP contribution in [-0.4, -0.2) is 36.7 Å². The number of benzene rings is 2. The van der Waals surface area contributed by atoms with Crippen molar-refractivity contribution in [1.29, 1.82) is 0 Å². The van der Waals surface area contributed by atoms with Crippen molar-refractivity contribution in [3.8, 4) is 11.5 Å². The van der Waals surface area contributed by atoms with Crippen LogP contribution in [0.1, 0.15) is 18.1 Å². The molecule has 0 spiro atoms. The molecule has 3 rings (SSSR count). The molecule has 0 bridgehead atoms. The van der Waals surface area contributed by atoms with E-state index in [4.69, 9.17) is 25.8 Å². The Morgan fingerprint density at radius 1 is 1.25 bits per heavy atom. The molecule has 2 aromatic rings. The molecular formula is C21H20ClNO5. The number of hydrogen-bond donors (Lipinski definition) is 0. The summed E-state index contributed by atoms with van der Waals surface area (Å²) < 4.78 is 15.7. The Balaban J connectivity index is 1.56. The van der Waals surface area contributed by atoms with Crippen LogP contribution < -0.4 is 9.47 Å². The molecule has 0 aliphatic carbocycles. The van der Waals surface area contributed by atoms with E-state index in [0.717, 1.165) is 5.56 Å². The molecule has 2 aromatic carbocycles. The number of ether oxygens (including phenoxy) is 3. The minimum Gasteiger partial charge on any atom is -0.454 e. The van der Waals surface area contributed by atoms with Gasteiger partial charge in [-0.1, -0.05) is 41.9 Å². The molecule has 1 atom stereocenters. The zero-order valence-electron chi connectivity index (χ0n) is 15.6. The molecule has 28 heavy (non-hydrogen) atoms. The number of fused-ring (bicyclic) bond motifs is 1. The Morgan fingerprint density at radius 3 is 2.75 bits per heavy atom. The van der Waals surface area contributed by atoms with E-state index < -0.39 is 12.1 Å². The minimum atomic E-state index is -0.897. The third-order valence-corrected chi connectivity index (χ3v) is 4.42. The van der Waals surface area contributed by atoms with E-state index in [0.29, 0.717) is 28.6 Å². The zero-order valence-corrected chi connectivity index (χ0v) is 16.3. The second-order valence-corrected chi connectivity index (χ2v) is 6.74. The Kier molecular flexibility index (Phi) is 6.21. The van der Waals surface area contributed by atoms with Gasteiger partial charge in [-0.05, 0) is 36.3 Å². The lowest BCUT2D eigenvalue weighted by Crippen LogP contribution is -2.36. The molecule has 6 nitrogen and oxygen atoms in total. The third-order valence-electron chi connectivity index (χ3n) is 4.14. The molecule has 146 valence electrons. The van der Waals surface area contributed by atoms with E-state index in [9.17, 15) is 9.59 Å². The Labute approximate surface area is 168 Å². The van der Waals surface area contributed by atoms with E-state index in [-0.39, 0.29) is 12.7 Å². The summed E-state index contributed by atoms with van der Waals surface area (Å²) in [7, 11) is 1.67. The van der Waals surface area contributed by atoms with Crippen LogP contribution in [0, 0.1) is 0 Å². The van der Waals surface area contributed by atoms with E-state index in [1.54, 1.807) is 32.2 Å². The second-order valence-electron chi connectivity index (χ2n) is 6.33. The average molecular weight is 402 g/mol. The van der Waals surface area contributed by atoms with Crippen molar-refractivity contribution in [2.24, 2.45) is 0 Å². The summed E-state index contributed by atoms with van der Waals surface area (Å²) in [6.07, 6.45) is 1.89. The topological polar surface area (TPSA) is 65.1 Å². The summed E-state index contributed by atoms with van der Waals surface area (Å²) in [5, 5.41) is 0.397. The van der Waals surface area contributed by atoms with Gasteiger partial charge in [-0.15, -0.1) is 0 Å². The van der Waals surface area contributed by atoms with Crippen molar-refractivity contribution in [1.82, 2.24) is 4.90 Å². The van der Waals surface area contributed by atoms with E-state index >= 15 is 0 Å². The van der Waals surface area contributed by atoms with Crippen molar-refractivity contribution in [2.45, 2.75) is 19.6 Å². The van der Waals surface area contributed by atoms with Gasteiger partial charge >= 0.3 is 5.97 Å². The molecule has 0 aromatic heterocycles. The molecule has 0 saturated heterocycles. The SMILES string of the molecule is C[C@@H](OC(=O)/C=C/c1cc(Cl)c2c(c1)OCO2)C(=O)N(C)Cc1ccccc1. The summed E-state index contributed by atoms with van der Waals surface area (Å²) in [6.45, 7) is 2.10. The summed E-state index contributed by atoms with van der Waals surface area (Å²) in [5.41, 5.74) is 1.66. The van der Waals surface area contributed by atoms with Gasteiger partial charge in [0.25, 0.3) is 5.91 Å². The third kappa shape index (κ3) is 4.84. The van der Waals surface area contributed by atoms with Crippen LogP contribution in [0.3, 0.4) is 0 Å². The molecule has 1 aliphatic rings. The highest BCUT2D eigenvalue weighted by Gasteiger charge is 2.21. The van der Waals surface area contributed by atoms with Gasteiger partial charge in [-0.2, -0.15) is 0 Å². The van der Waals surface area contributed by atoms with Crippen LogP contribution in [0.2, 0.25) is 5.02 Å². The molecule has 1 heterocycles. The van der Waals surface area contributed by atoms with Crippen molar-refractivity contribution in [3.05, 3.63) is 64.7 Å². The van der Waals surface area contributed by atoms with E-state index in [1.165, 1.54) is 11.0 Å². The molecule has 0 saturated carbocycles. The number of esters is 1. The highest BCUT2D eigenvalue weighted by atomic mass is 35.5. The van der Waals surface area contributed by atoms with Gasteiger partial charge in [0.05, 0.1) is 5.02 Å². The van der Waals surface area contributed by atoms with Crippen LogP contribution in [-0.2, 0) is 20.9 Å². The average Bonchev–Trinajstić information content (AvgIpc) is 3.15. The summed E-state index contributed by atoms with van der Waals surface area (Å²) >= 11 is 6.11. The van der Waals surface area contributed by atoms with Crippen LogP contribution >= 0.6 is 11.6 Å². The van der Waals surface area contributed by atoms with Crippen LogP contribution in [0.25, 0.3) is 6.08 Å². The lowest BCUT2D eigenvalue weighted by Gasteiger charge is -2.21. The molecule has 0 radical (unpaired) electrons. The van der Waals surface area contributed by atoms with Crippen LogP contribution in [0.15, 0.2) is 48.5 Å².